The van der Waals surface area contributed by atoms with Gasteiger partial charge in [0.2, 0.25) is 10.0 Å². The first-order valence-electron chi connectivity index (χ1n) is 7.22. The van der Waals surface area contributed by atoms with Gasteiger partial charge in [0.25, 0.3) is 0 Å². The average molecular weight is 351 g/mol. The summed E-state index contributed by atoms with van der Waals surface area (Å²) < 4.78 is 27.9. The molecule has 2 N–H and O–H groups in total. The van der Waals surface area contributed by atoms with Crippen LogP contribution in [-0.2, 0) is 16.4 Å². The highest BCUT2D eigenvalue weighted by atomic mass is 32.2. The van der Waals surface area contributed by atoms with E-state index in [0.717, 1.165) is 30.0 Å². The van der Waals surface area contributed by atoms with Crippen molar-refractivity contribution < 1.29 is 8.42 Å². The standard InChI is InChI=1S/C14H26N2O2S3/c1-5-12(10-19-4)16-21(17,18)14-7-6-13(20-14)8-9-15-11(2)3/h6-7,11-12,15-16H,5,8-10H2,1-4H3. The highest BCUT2D eigenvalue weighted by Gasteiger charge is 2.20. The lowest BCUT2D eigenvalue weighted by Gasteiger charge is -2.14. The van der Waals surface area contributed by atoms with Crippen molar-refractivity contribution in [3.05, 3.63) is 17.0 Å². The van der Waals surface area contributed by atoms with Crippen molar-refractivity contribution in [3.63, 3.8) is 0 Å². The van der Waals surface area contributed by atoms with E-state index in [0.29, 0.717) is 10.3 Å². The van der Waals surface area contributed by atoms with E-state index in [2.05, 4.69) is 23.9 Å². The molecule has 0 saturated heterocycles. The van der Waals surface area contributed by atoms with Crippen LogP contribution in [0.1, 0.15) is 32.1 Å². The molecule has 1 aromatic rings. The van der Waals surface area contributed by atoms with Gasteiger partial charge in [-0.2, -0.15) is 11.8 Å². The molecule has 0 aliphatic rings. The van der Waals surface area contributed by atoms with E-state index in [1.807, 2.05) is 19.2 Å². The lowest BCUT2D eigenvalue weighted by Crippen LogP contribution is -2.35. The number of sulfonamides is 1. The zero-order chi connectivity index (χ0) is 15.9. The maximum absolute atomic E-state index is 12.3. The van der Waals surface area contributed by atoms with Gasteiger partial charge in [-0.15, -0.1) is 11.3 Å². The SMILES string of the molecule is CCC(CSC)NS(=O)(=O)c1ccc(CCNC(C)C)s1. The topological polar surface area (TPSA) is 58.2 Å². The summed E-state index contributed by atoms with van der Waals surface area (Å²) in [5.74, 6) is 0.798. The highest BCUT2D eigenvalue weighted by Crippen LogP contribution is 2.22. The van der Waals surface area contributed by atoms with Crippen LogP contribution in [0.15, 0.2) is 16.3 Å². The molecule has 0 bridgehead atoms. The van der Waals surface area contributed by atoms with Crippen LogP contribution in [0.25, 0.3) is 0 Å². The number of hydrogen-bond donors (Lipinski definition) is 2. The largest absolute Gasteiger partial charge is 0.314 e. The van der Waals surface area contributed by atoms with Crippen molar-refractivity contribution in [1.82, 2.24) is 10.0 Å². The van der Waals surface area contributed by atoms with Crippen molar-refractivity contribution in [2.75, 3.05) is 18.6 Å². The van der Waals surface area contributed by atoms with Gasteiger partial charge in [-0.1, -0.05) is 20.8 Å². The van der Waals surface area contributed by atoms with E-state index in [4.69, 9.17) is 0 Å². The summed E-state index contributed by atoms with van der Waals surface area (Å²) in [6.45, 7) is 7.08. The molecule has 0 amide bonds. The van der Waals surface area contributed by atoms with E-state index in [-0.39, 0.29) is 6.04 Å². The predicted molar refractivity (Wildman–Crippen MR) is 93.9 cm³/mol. The Morgan fingerprint density at radius 3 is 2.62 bits per heavy atom. The van der Waals surface area contributed by atoms with Gasteiger partial charge < -0.3 is 5.32 Å². The zero-order valence-electron chi connectivity index (χ0n) is 13.2. The third kappa shape index (κ3) is 6.69. The summed E-state index contributed by atoms with van der Waals surface area (Å²) in [7, 11) is -3.38. The van der Waals surface area contributed by atoms with Crippen LogP contribution >= 0.6 is 23.1 Å². The third-order valence-electron chi connectivity index (χ3n) is 3.01. The molecule has 0 aromatic carbocycles. The van der Waals surface area contributed by atoms with Crippen molar-refractivity contribution in [1.29, 1.82) is 0 Å². The Hall–Kier alpha value is -0.0800. The van der Waals surface area contributed by atoms with Gasteiger partial charge in [-0.25, -0.2) is 13.1 Å². The third-order valence-corrected chi connectivity index (χ3v) is 6.90. The monoisotopic (exact) mass is 350 g/mol. The van der Waals surface area contributed by atoms with Crippen molar-refractivity contribution in [3.8, 4) is 0 Å². The first kappa shape index (κ1) is 19.0. The molecule has 122 valence electrons. The van der Waals surface area contributed by atoms with E-state index in [9.17, 15) is 8.42 Å². The summed E-state index contributed by atoms with van der Waals surface area (Å²) in [5, 5.41) is 3.34. The predicted octanol–water partition coefficient (Wildman–Crippen LogP) is 2.71. The summed E-state index contributed by atoms with van der Waals surface area (Å²) in [6, 6.07) is 4.07. The molecule has 7 heteroatoms. The van der Waals surface area contributed by atoms with E-state index in [1.165, 1.54) is 11.3 Å². The minimum atomic E-state index is -3.38. The summed E-state index contributed by atoms with van der Waals surface area (Å²) in [4.78, 5) is 1.10. The molecule has 1 heterocycles. The van der Waals surface area contributed by atoms with E-state index >= 15 is 0 Å². The van der Waals surface area contributed by atoms with Crippen LogP contribution < -0.4 is 10.0 Å². The Morgan fingerprint density at radius 1 is 1.33 bits per heavy atom. The first-order valence-corrected chi connectivity index (χ1v) is 10.9. The minimum Gasteiger partial charge on any atom is -0.314 e. The van der Waals surface area contributed by atoms with Gasteiger partial charge in [0, 0.05) is 29.3 Å². The molecule has 0 aliphatic carbocycles. The van der Waals surface area contributed by atoms with Gasteiger partial charge >= 0.3 is 0 Å². The molecule has 0 spiro atoms. The molecule has 1 atom stereocenters. The first-order chi connectivity index (χ1) is 9.89. The second-order valence-corrected chi connectivity index (χ2v) is 9.28. The normalized spacial score (nSPS) is 13.8. The van der Waals surface area contributed by atoms with Crippen LogP contribution in [-0.4, -0.2) is 39.1 Å². The quantitative estimate of drug-likeness (QED) is 0.681. The lowest BCUT2D eigenvalue weighted by atomic mass is 10.3. The molecular formula is C14H26N2O2S3. The Morgan fingerprint density at radius 2 is 2.05 bits per heavy atom. The second kappa shape index (κ2) is 9.15. The number of thiophene rings is 1. The fraction of sp³-hybridized carbons (Fsp3) is 0.714. The van der Waals surface area contributed by atoms with Gasteiger partial charge in [0.1, 0.15) is 4.21 Å². The van der Waals surface area contributed by atoms with Crippen LogP contribution in [0, 0.1) is 0 Å². The Bertz CT molecular complexity index is 512. The second-order valence-electron chi connectivity index (χ2n) is 5.26. The van der Waals surface area contributed by atoms with Crippen molar-refractivity contribution in [2.45, 2.75) is 49.9 Å². The molecule has 1 unspecified atom stereocenters. The van der Waals surface area contributed by atoms with E-state index < -0.39 is 10.0 Å². The minimum absolute atomic E-state index is 0.00171. The molecule has 0 radical (unpaired) electrons. The molecular weight excluding hydrogens is 324 g/mol. The Balaban J connectivity index is 2.65. The molecule has 1 aromatic heterocycles. The molecule has 0 aliphatic heterocycles. The molecule has 0 saturated carbocycles. The fourth-order valence-electron chi connectivity index (χ4n) is 1.83. The van der Waals surface area contributed by atoms with Gasteiger partial charge in [0.05, 0.1) is 0 Å². The number of thioether (sulfide) groups is 1. The van der Waals surface area contributed by atoms with Gasteiger partial charge in [-0.3, -0.25) is 0 Å². The summed E-state index contributed by atoms with van der Waals surface area (Å²) in [6.07, 6.45) is 3.65. The molecule has 4 nitrogen and oxygen atoms in total. The van der Waals surface area contributed by atoms with Crippen LogP contribution in [0.3, 0.4) is 0 Å². The maximum Gasteiger partial charge on any atom is 0.250 e. The fourth-order valence-corrected chi connectivity index (χ4v) is 5.35. The smallest absolute Gasteiger partial charge is 0.250 e. The van der Waals surface area contributed by atoms with Crippen molar-refractivity contribution in [2.24, 2.45) is 0 Å². The molecule has 21 heavy (non-hydrogen) atoms. The van der Waals surface area contributed by atoms with Crippen LogP contribution in [0.2, 0.25) is 0 Å². The Kier molecular flexibility index (Phi) is 8.26. The van der Waals surface area contributed by atoms with Gasteiger partial charge in [-0.05, 0) is 31.2 Å². The van der Waals surface area contributed by atoms with Crippen LogP contribution in [0.4, 0.5) is 0 Å². The molecule has 1 rings (SSSR count). The number of hydrogen-bond acceptors (Lipinski definition) is 5. The van der Waals surface area contributed by atoms with Crippen LogP contribution in [0.5, 0.6) is 0 Å². The lowest BCUT2D eigenvalue weighted by molar-refractivity contribution is 0.560. The average Bonchev–Trinajstić information content (AvgIpc) is 2.87. The van der Waals surface area contributed by atoms with Crippen molar-refractivity contribution >= 4 is 33.1 Å². The number of nitrogens with one attached hydrogen (secondary N) is 2. The zero-order valence-corrected chi connectivity index (χ0v) is 15.6. The maximum atomic E-state index is 12.3. The Labute approximate surface area is 137 Å². The van der Waals surface area contributed by atoms with Gasteiger partial charge in [0.15, 0.2) is 0 Å². The summed E-state index contributed by atoms with van der Waals surface area (Å²) in [5.41, 5.74) is 0. The molecule has 0 fully saturated rings. The van der Waals surface area contributed by atoms with E-state index in [1.54, 1.807) is 17.8 Å². The summed E-state index contributed by atoms with van der Waals surface area (Å²) >= 11 is 3.02. The number of rotatable bonds is 10. The highest BCUT2D eigenvalue weighted by molar-refractivity contribution is 7.98.